The molecule has 22 heteroatoms. The summed E-state index contributed by atoms with van der Waals surface area (Å²) in [6, 6.07) is 9.91. The third-order valence-electron chi connectivity index (χ3n) is 8.26. The Morgan fingerprint density at radius 3 is 1.86 bits per heavy atom. The fourth-order valence-corrected chi connectivity index (χ4v) is 9.11. The Labute approximate surface area is 331 Å². The topological polar surface area (TPSA) is 246 Å². The summed E-state index contributed by atoms with van der Waals surface area (Å²) in [7, 11) is -2.58. The molecule has 57 heavy (non-hydrogen) atoms. The van der Waals surface area contributed by atoms with E-state index in [9.17, 15) is 44.2 Å². The molecule has 0 bridgehead atoms. The molecule has 4 rings (SSSR count). The number of rotatable bonds is 19. The van der Waals surface area contributed by atoms with Crippen LogP contribution in [0, 0.1) is 20.2 Å². The van der Waals surface area contributed by atoms with Crippen LogP contribution in [0.1, 0.15) is 51.2 Å². The highest BCUT2D eigenvalue weighted by Gasteiger charge is 2.48. The second-order valence-electron chi connectivity index (χ2n) is 12.1. The van der Waals surface area contributed by atoms with Crippen molar-refractivity contribution in [2.45, 2.75) is 64.5 Å². The van der Waals surface area contributed by atoms with Crippen molar-refractivity contribution in [3.63, 3.8) is 0 Å². The second kappa shape index (κ2) is 20.8. The maximum atomic E-state index is 13.9. The number of ether oxygens (including phenoxy) is 3. The van der Waals surface area contributed by atoms with Gasteiger partial charge >= 0.3 is 18.0 Å². The number of thioether (sulfide) groups is 1. The van der Waals surface area contributed by atoms with Gasteiger partial charge in [0.25, 0.3) is 18.9 Å². The number of carbonyl (C=O) groups is 5. The number of esters is 2. The van der Waals surface area contributed by atoms with Crippen LogP contribution in [-0.2, 0) is 60.2 Å². The zero-order valence-corrected chi connectivity index (χ0v) is 33.3. The molecular weight excluding hydrogens is 793 g/mol. The van der Waals surface area contributed by atoms with E-state index in [-0.39, 0.29) is 88.0 Å². The Morgan fingerprint density at radius 1 is 0.860 bits per heavy atom. The maximum absolute atomic E-state index is 13.9. The average Bonchev–Trinajstić information content (AvgIpc) is 3.18. The Balaban J connectivity index is 1.52. The summed E-state index contributed by atoms with van der Waals surface area (Å²) >= 11 is 0.866. The van der Waals surface area contributed by atoms with Gasteiger partial charge in [0.05, 0.1) is 54.6 Å². The van der Waals surface area contributed by atoms with E-state index in [1.54, 1.807) is 20.8 Å². The average molecular weight is 836 g/mol. The van der Waals surface area contributed by atoms with Crippen LogP contribution in [0.25, 0.3) is 0 Å². The van der Waals surface area contributed by atoms with Crippen molar-refractivity contribution in [1.29, 1.82) is 0 Å². The number of hydrogen-bond donors (Lipinski definition) is 0. The number of β-lactam (4-membered cyclic amide) rings is 1. The smallest absolute Gasteiger partial charge is 0.415 e. The fraction of sp³-hybridized carbons (Fsp3) is 0.457. The summed E-state index contributed by atoms with van der Waals surface area (Å²) < 4.78 is 33.6. The van der Waals surface area contributed by atoms with Gasteiger partial charge in [-0.15, -0.1) is 0 Å². The zero-order valence-electron chi connectivity index (χ0n) is 31.6. The lowest BCUT2D eigenvalue weighted by atomic mass is 9.99. The number of non-ortho nitro benzene ring substituents is 2. The van der Waals surface area contributed by atoms with Gasteiger partial charge in [-0.1, -0.05) is 11.8 Å². The van der Waals surface area contributed by atoms with Gasteiger partial charge in [0.2, 0.25) is 11.3 Å². The Kier molecular flexibility index (Phi) is 16.2. The third-order valence-corrected chi connectivity index (χ3v) is 12.0. The van der Waals surface area contributed by atoms with Crippen LogP contribution in [0.15, 0.2) is 53.5 Å². The van der Waals surface area contributed by atoms with Crippen LogP contribution >= 0.6 is 19.3 Å². The van der Waals surface area contributed by atoms with Crippen LogP contribution in [-0.4, -0.2) is 111 Å². The minimum Gasteiger partial charge on any atom is -0.469 e. The molecule has 0 N–H and O–H groups in total. The molecule has 1 fully saturated rings. The Morgan fingerprint density at radius 2 is 1.39 bits per heavy atom. The lowest BCUT2D eigenvalue weighted by Crippen LogP contribution is -2.59. The van der Waals surface area contributed by atoms with Crippen molar-refractivity contribution >= 4 is 71.0 Å². The molecule has 0 saturated carbocycles. The largest absolute Gasteiger partial charge is 0.469 e. The first-order valence-corrected chi connectivity index (χ1v) is 20.1. The van der Waals surface area contributed by atoms with E-state index in [4.69, 9.17) is 27.8 Å². The highest BCUT2D eigenvalue weighted by molar-refractivity contribution is 8.14. The van der Waals surface area contributed by atoms with Gasteiger partial charge in [-0.2, -0.15) is 0 Å². The molecule has 1 saturated heterocycles. The highest BCUT2D eigenvalue weighted by Crippen LogP contribution is 2.54. The van der Waals surface area contributed by atoms with Crippen molar-refractivity contribution in [3.8, 4) is 0 Å². The van der Waals surface area contributed by atoms with Crippen LogP contribution in [0.4, 0.5) is 16.2 Å². The first kappa shape index (κ1) is 44.5. The Bertz CT molecular complexity index is 1900. The van der Waals surface area contributed by atoms with E-state index in [0.29, 0.717) is 11.1 Å². The lowest BCUT2D eigenvalue weighted by Gasteiger charge is -2.43. The van der Waals surface area contributed by atoms with Gasteiger partial charge in [0.15, 0.2) is 5.12 Å². The number of likely N-dealkylation sites (tertiary alicyclic amines) is 1. The molecule has 2 aromatic rings. The molecule has 0 radical (unpaired) electrons. The second-order valence-corrected chi connectivity index (χ2v) is 15.7. The number of hydrogen-bond acceptors (Lipinski definition) is 17. The summed E-state index contributed by atoms with van der Waals surface area (Å²) in [5, 5.41) is 21.1. The van der Waals surface area contributed by atoms with Crippen molar-refractivity contribution in [1.82, 2.24) is 9.80 Å². The predicted molar refractivity (Wildman–Crippen MR) is 205 cm³/mol. The van der Waals surface area contributed by atoms with Gasteiger partial charge in [-0.25, -0.2) is 9.59 Å². The lowest BCUT2D eigenvalue weighted by molar-refractivity contribution is -0.385. The zero-order chi connectivity index (χ0) is 41.7. The predicted octanol–water partition coefficient (Wildman–Crippen LogP) is 4.78. The van der Waals surface area contributed by atoms with Crippen LogP contribution < -0.4 is 0 Å². The fourth-order valence-electron chi connectivity index (χ4n) is 5.64. The van der Waals surface area contributed by atoms with Gasteiger partial charge in [0.1, 0.15) is 25.5 Å². The number of benzene rings is 2. The van der Waals surface area contributed by atoms with E-state index >= 15 is 0 Å². The van der Waals surface area contributed by atoms with E-state index in [0.717, 1.165) is 21.6 Å². The van der Waals surface area contributed by atoms with Crippen molar-refractivity contribution in [2.75, 3.05) is 40.0 Å². The molecule has 2 aliphatic rings. The molecule has 0 aliphatic carbocycles. The summed E-state index contributed by atoms with van der Waals surface area (Å²) in [4.78, 5) is 93.7. The van der Waals surface area contributed by atoms with Crippen LogP contribution in [0.2, 0.25) is 0 Å². The molecule has 308 valence electrons. The molecule has 2 aromatic carbocycles. The number of nitro groups is 2. The summed E-state index contributed by atoms with van der Waals surface area (Å²) in [5.41, 5.74) is 0.269. The summed E-state index contributed by atoms with van der Waals surface area (Å²) in [6.45, 7) is 4.44. The molecule has 2 heterocycles. The Hall–Kier alpha value is -5.21. The molecule has 0 aromatic heterocycles. The highest BCUT2D eigenvalue weighted by atomic mass is 32.2. The van der Waals surface area contributed by atoms with Crippen molar-refractivity contribution in [3.05, 3.63) is 79.9 Å². The molecule has 2 unspecified atom stereocenters. The van der Waals surface area contributed by atoms with Crippen LogP contribution in [0.5, 0.6) is 0 Å². The van der Waals surface area contributed by atoms with Gasteiger partial charge < -0.3 is 27.8 Å². The standard InChI is InChI=1S/C35H42N5O15PS/c1-5-53-56(54-6-2,55-7-3)33(34(44)51-21-23-8-12-25(13-9-23)39(46)47)38-27(16-30(38)41)17-32(43)57-28-19-36-29(18-31(42)50-4)37(20-28)35(45)52-22-24-10-14-26(15-11-24)40(48)49/h8-15,27-28H,5-7,16-22H2,1-4H3. The van der Waals surface area contributed by atoms with Crippen molar-refractivity contribution < 1.29 is 61.6 Å². The summed E-state index contributed by atoms with van der Waals surface area (Å²) in [6.07, 6.45) is -1.57. The first-order valence-electron chi connectivity index (χ1n) is 17.7. The summed E-state index contributed by atoms with van der Waals surface area (Å²) in [5.74, 6) is -2.12. The van der Waals surface area contributed by atoms with E-state index in [1.165, 1.54) is 55.6 Å². The monoisotopic (exact) mass is 835 g/mol. The third kappa shape index (κ3) is 11.7. The van der Waals surface area contributed by atoms with E-state index in [1.807, 2.05) is 0 Å². The van der Waals surface area contributed by atoms with Gasteiger partial charge in [-0.3, -0.25) is 49.4 Å². The van der Waals surface area contributed by atoms with E-state index in [2.05, 4.69) is 4.99 Å². The number of amides is 2. The molecule has 2 aliphatic heterocycles. The SMILES string of the molecule is CCOP(OCC)(OCC)=C(C(=O)OCc1ccc([N+](=O)[O-])cc1)N1C(=O)CC1CC(=O)SC1CN=C(CC(=O)OC)N(C(=O)OCc2ccc([N+](=O)[O-])cc2)C1. The maximum Gasteiger partial charge on any atom is 0.415 e. The van der Waals surface area contributed by atoms with Gasteiger partial charge in [0, 0.05) is 43.7 Å². The molecule has 2 atom stereocenters. The number of methoxy groups -OCH3 is 1. The number of nitrogens with zero attached hydrogens (tertiary/aromatic N) is 5. The normalized spacial score (nSPS) is 16.6. The van der Waals surface area contributed by atoms with E-state index < -0.39 is 57.8 Å². The van der Waals surface area contributed by atoms with Crippen LogP contribution in [0.3, 0.4) is 0 Å². The number of aliphatic imine (C=N–C) groups is 1. The van der Waals surface area contributed by atoms with Crippen molar-refractivity contribution in [2.24, 2.45) is 4.99 Å². The number of carbonyl (C=O) groups excluding carboxylic acids is 5. The minimum absolute atomic E-state index is 0.0291. The molecule has 0 spiro atoms. The molecule has 2 amide bonds. The minimum atomic E-state index is -3.76. The molecular formula is C35H42N5O15PS. The molecule has 20 nitrogen and oxygen atoms in total. The number of amidine groups is 1. The number of nitro benzene ring substituents is 2. The first-order chi connectivity index (χ1) is 27.2. The van der Waals surface area contributed by atoms with Gasteiger partial charge in [-0.05, 0) is 56.2 Å². The quantitative estimate of drug-likeness (QED) is 0.0461.